The lowest BCUT2D eigenvalue weighted by molar-refractivity contribution is 0.169. The molecule has 0 saturated heterocycles. The first-order valence-electron chi connectivity index (χ1n) is 2.56. The number of carbonyl (C=O) groups is 1. The van der Waals surface area contributed by atoms with E-state index in [1.165, 1.54) is 7.11 Å². The fourth-order valence-electron chi connectivity index (χ4n) is 0.507. The molecule has 0 saturated carbocycles. The summed E-state index contributed by atoms with van der Waals surface area (Å²) in [5, 5.41) is 12.2. The van der Waals surface area contributed by atoms with E-state index in [4.69, 9.17) is 5.11 Å². The first kappa shape index (κ1) is 6.60. The fraction of sp³-hybridized carbons (Fsp3) is 0.200. The Morgan fingerprint density at radius 3 is 3.00 bits per heavy atom. The SMILES string of the molecule is COC(=O)n1cc(O)cn1. The van der Waals surface area contributed by atoms with Gasteiger partial charge < -0.3 is 9.84 Å². The molecule has 0 aliphatic heterocycles. The van der Waals surface area contributed by atoms with Gasteiger partial charge in [0.05, 0.1) is 19.5 Å². The van der Waals surface area contributed by atoms with Crippen molar-refractivity contribution in [2.45, 2.75) is 0 Å². The number of rotatable bonds is 0. The van der Waals surface area contributed by atoms with Gasteiger partial charge in [-0.15, -0.1) is 0 Å². The van der Waals surface area contributed by atoms with Crippen LogP contribution in [-0.4, -0.2) is 28.1 Å². The summed E-state index contributed by atoms with van der Waals surface area (Å²) in [7, 11) is 1.24. The van der Waals surface area contributed by atoms with E-state index in [0.717, 1.165) is 17.1 Å². The molecular formula is C5H6N2O3. The van der Waals surface area contributed by atoms with Gasteiger partial charge in [-0.1, -0.05) is 0 Å². The third-order valence-corrected chi connectivity index (χ3v) is 0.931. The van der Waals surface area contributed by atoms with Gasteiger partial charge in [-0.05, 0) is 0 Å². The number of hydrogen-bond donors (Lipinski definition) is 1. The van der Waals surface area contributed by atoms with E-state index in [-0.39, 0.29) is 5.75 Å². The molecule has 1 aromatic heterocycles. The van der Waals surface area contributed by atoms with Crippen molar-refractivity contribution in [2.24, 2.45) is 0 Å². The number of aromatic nitrogens is 2. The average molecular weight is 142 g/mol. The lowest BCUT2D eigenvalue weighted by atomic mass is 10.7. The first-order valence-corrected chi connectivity index (χ1v) is 2.56. The molecule has 1 rings (SSSR count). The predicted octanol–water partition coefficient (Wildman–Crippen LogP) is 0.203. The lowest BCUT2D eigenvalue weighted by Gasteiger charge is -1.93. The second-order valence-corrected chi connectivity index (χ2v) is 1.61. The van der Waals surface area contributed by atoms with Crippen LogP contribution in [0.25, 0.3) is 0 Å². The van der Waals surface area contributed by atoms with Gasteiger partial charge in [0, 0.05) is 0 Å². The van der Waals surface area contributed by atoms with Crippen molar-refractivity contribution < 1.29 is 14.6 Å². The number of ether oxygens (including phenoxy) is 1. The smallest absolute Gasteiger partial charge is 0.434 e. The van der Waals surface area contributed by atoms with Crippen LogP contribution in [0.5, 0.6) is 5.75 Å². The highest BCUT2D eigenvalue weighted by Crippen LogP contribution is 2.03. The van der Waals surface area contributed by atoms with Gasteiger partial charge in [0.1, 0.15) is 0 Å². The van der Waals surface area contributed by atoms with Crippen LogP contribution in [0.1, 0.15) is 0 Å². The van der Waals surface area contributed by atoms with Crippen molar-refractivity contribution >= 4 is 6.09 Å². The number of carbonyl (C=O) groups excluding carboxylic acids is 1. The van der Waals surface area contributed by atoms with Gasteiger partial charge in [0.2, 0.25) is 0 Å². The molecule has 0 bridgehead atoms. The maximum Gasteiger partial charge on any atom is 0.434 e. The summed E-state index contributed by atoms with van der Waals surface area (Å²) in [4.78, 5) is 10.6. The van der Waals surface area contributed by atoms with Crippen LogP contribution < -0.4 is 0 Å². The molecule has 1 heterocycles. The van der Waals surface area contributed by atoms with E-state index in [2.05, 4.69) is 9.84 Å². The van der Waals surface area contributed by atoms with Crippen molar-refractivity contribution in [1.82, 2.24) is 9.78 Å². The van der Waals surface area contributed by atoms with E-state index in [0.29, 0.717) is 0 Å². The van der Waals surface area contributed by atoms with Gasteiger partial charge in [0.25, 0.3) is 0 Å². The molecule has 0 aromatic carbocycles. The second-order valence-electron chi connectivity index (χ2n) is 1.61. The third kappa shape index (κ3) is 1.07. The predicted molar refractivity (Wildman–Crippen MR) is 31.7 cm³/mol. The lowest BCUT2D eigenvalue weighted by Crippen LogP contribution is -2.10. The van der Waals surface area contributed by atoms with Gasteiger partial charge in [0.15, 0.2) is 5.75 Å². The summed E-state index contributed by atoms with van der Waals surface area (Å²) >= 11 is 0. The normalized spacial score (nSPS) is 9.30. The van der Waals surface area contributed by atoms with Crippen molar-refractivity contribution in [3.8, 4) is 5.75 Å². The maximum atomic E-state index is 10.6. The molecule has 0 amide bonds. The zero-order valence-electron chi connectivity index (χ0n) is 5.31. The Morgan fingerprint density at radius 2 is 2.60 bits per heavy atom. The summed E-state index contributed by atoms with van der Waals surface area (Å²) in [6, 6.07) is 0. The largest absolute Gasteiger partial charge is 0.505 e. The quantitative estimate of drug-likeness (QED) is 0.562. The molecular weight excluding hydrogens is 136 g/mol. The minimum absolute atomic E-state index is 0.0644. The average Bonchev–Trinajstić information content (AvgIpc) is 2.34. The van der Waals surface area contributed by atoms with Crippen LogP contribution >= 0.6 is 0 Å². The Balaban J connectivity index is 2.85. The van der Waals surface area contributed by atoms with E-state index < -0.39 is 6.09 Å². The molecule has 1 N–H and O–H groups in total. The van der Waals surface area contributed by atoms with Crippen LogP contribution in [0.3, 0.4) is 0 Å². The Bertz CT molecular complexity index is 243. The van der Waals surface area contributed by atoms with Crippen LogP contribution in [0.15, 0.2) is 12.4 Å². The number of hydrogen-bond acceptors (Lipinski definition) is 4. The molecule has 0 atom stereocenters. The summed E-state index contributed by atoms with van der Waals surface area (Å²) in [6.07, 6.45) is 1.68. The molecule has 5 nitrogen and oxygen atoms in total. The molecule has 1 aromatic rings. The Kier molecular flexibility index (Phi) is 1.57. The molecule has 0 radical (unpaired) electrons. The molecule has 0 aliphatic carbocycles. The van der Waals surface area contributed by atoms with Crippen molar-refractivity contribution in [3.05, 3.63) is 12.4 Å². The third-order valence-electron chi connectivity index (χ3n) is 0.931. The van der Waals surface area contributed by atoms with Crippen LogP contribution in [0, 0.1) is 0 Å². The Labute approximate surface area is 56.8 Å². The molecule has 0 aliphatic rings. The van der Waals surface area contributed by atoms with Gasteiger partial charge >= 0.3 is 6.09 Å². The van der Waals surface area contributed by atoms with Crippen LogP contribution in [0.4, 0.5) is 4.79 Å². The number of methoxy groups -OCH3 is 1. The minimum Gasteiger partial charge on any atom is -0.505 e. The monoisotopic (exact) mass is 142 g/mol. The molecule has 0 unspecified atom stereocenters. The summed E-state index contributed by atoms with van der Waals surface area (Å²) < 4.78 is 5.20. The first-order chi connectivity index (χ1) is 4.74. The molecule has 0 fully saturated rings. The minimum atomic E-state index is -0.625. The zero-order valence-corrected chi connectivity index (χ0v) is 5.31. The molecule has 10 heavy (non-hydrogen) atoms. The van der Waals surface area contributed by atoms with Gasteiger partial charge in [-0.25, -0.2) is 4.79 Å². The van der Waals surface area contributed by atoms with Crippen LogP contribution in [0.2, 0.25) is 0 Å². The zero-order chi connectivity index (χ0) is 7.56. The topological polar surface area (TPSA) is 64.3 Å². The molecule has 54 valence electrons. The highest BCUT2D eigenvalue weighted by atomic mass is 16.5. The Morgan fingerprint density at radius 1 is 1.90 bits per heavy atom. The highest BCUT2D eigenvalue weighted by molar-refractivity contribution is 5.69. The maximum absolute atomic E-state index is 10.6. The Hall–Kier alpha value is -1.52. The molecule has 0 spiro atoms. The summed E-state index contributed by atoms with van der Waals surface area (Å²) in [6.45, 7) is 0. The van der Waals surface area contributed by atoms with E-state index in [1.807, 2.05) is 0 Å². The van der Waals surface area contributed by atoms with E-state index in [1.54, 1.807) is 0 Å². The van der Waals surface area contributed by atoms with Crippen molar-refractivity contribution in [2.75, 3.05) is 7.11 Å². The fourth-order valence-corrected chi connectivity index (χ4v) is 0.507. The number of nitrogens with zero attached hydrogens (tertiary/aromatic N) is 2. The highest BCUT2D eigenvalue weighted by Gasteiger charge is 2.03. The van der Waals surface area contributed by atoms with Crippen molar-refractivity contribution in [1.29, 1.82) is 0 Å². The van der Waals surface area contributed by atoms with Crippen molar-refractivity contribution in [3.63, 3.8) is 0 Å². The van der Waals surface area contributed by atoms with Gasteiger partial charge in [-0.2, -0.15) is 9.78 Å². The van der Waals surface area contributed by atoms with Gasteiger partial charge in [-0.3, -0.25) is 0 Å². The molecule has 5 heteroatoms. The summed E-state index contributed by atoms with van der Waals surface area (Å²) in [5.41, 5.74) is 0. The van der Waals surface area contributed by atoms with E-state index >= 15 is 0 Å². The number of aromatic hydroxyl groups is 1. The summed E-state index contributed by atoms with van der Waals surface area (Å²) in [5.74, 6) is -0.0644. The van der Waals surface area contributed by atoms with Crippen LogP contribution in [-0.2, 0) is 4.74 Å². The second kappa shape index (κ2) is 2.38. The standard InChI is InChI=1S/C5H6N2O3/c1-10-5(9)7-3-4(8)2-6-7/h2-3,8H,1H3. The van der Waals surface area contributed by atoms with E-state index in [9.17, 15) is 4.79 Å².